The number of halogens is 2. The fourth-order valence-electron chi connectivity index (χ4n) is 4.09. The monoisotopic (exact) mass is 574 g/mol. The highest BCUT2D eigenvalue weighted by Gasteiger charge is 2.16. The number of hydrogen-bond donors (Lipinski definition) is 2. The topological polar surface area (TPSA) is 56.3 Å². The molecule has 0 aliphatic carbocycles. The van der Waals surface area contributed by atoms with Crippen molar-refractivity contribution in [2.45, 2.75) is 50.5 Å². The highest BCUT2D eigenvalue weighted by Crippen LogP contribution is 2.28. The Hall–Kier alpha value is -2.40. The van der Waals surface area contributed by atoms with E-state index in [4.69, 9.17) is 0 Å². The van der Waals surface area contributed by atoms with E-state index in [0.717, 1.165) is 43.8 Å². The molecule has 3 aromatic rings. The van der Waals surface area contributed by atoms with Crippen molar-refractivity contribution in [1.82, 2.24) is 19.2 Å². The normalized spacial score (nSPS) is 12.2. The second kappa shape index (κ2) is 16.6. The predicted octanol–water partition coefficient (Wildman–Crippen LogP) is 7.81. The van der Waals surface area contributed by atoms with Gasteiger partial charge in [-0.15, -0.1) is 0 Å². The third-order valence-electron chi connectivity index (χ3n) is 6.41. The van der Waals surface area contributed by atoms with E-state index in [9.17, 15) is 8.78 Å². The summed E-state index contributed by atoms with van der Waals surface area (Å²) >= 11 is 3.69. The molecule has 3 rings (SSSR count). The van der Waals surface area contributed by atoms with Gasteiger partial charge in [0.05, 0.1) is 0 Å². The van der Waals surface area contributed by atoms with Gasteiger partial charge in [-0.25, -0.2) is 18.1 Å². The largest absolute Gasteiger partial charge is 0.340 e. The molecule has 212 valence electrons. The smallest absolute Gasteiger partial charge is 0.229 e. The first-order chi connectivity index (χ1) is 18.9. The number of unbranched alkanes of at least 4 members (excludes halogenated alkanes) is 1. The predicted molar refractivity (Wildman–Crippen MR) is 163 cm³/mol. The molecular weight excluding hydrogens is 534 g/mol. The molecule has 0 spiro atoms. The minimum Gasteiger partial charge on any atom is -0.340 e. The van der Waals surface area contributed by atoms with E-state index in [-0.39, 0.29) is 0 Å². The summed E-state index contributed by atoms with van der Waals surface area (Å²) in [7, 11) is 2.18. The first kappa shape index (κ1) is 31.1. The molecule has 0 radical (unpaired) electrons. The second-order valence-electron chi connectivity index (χ2n) is 9.34. The molecule has 1 heterocycles. The minimum absolute atomic E-state index is 0.403. The molecule has 6 nitrogen and oxygen atoms in total. The van der Waals surface area contributed by atoms with Gasteiger partial charge in [0, 0.05) is 46.9 Å². The fourth-order valence-corrected chi connectivity index (χ4v) is 5.53. The van der Waals surface area contributed by atoms with Gasteiger partial charge in [-0.2, -0.15) is 16.7 Å². The zero-order valence-electron chi connectivity index (χ0n) is 23.3. The van der Waals surface area contributed by atoms with Crippen molar-refractivity contribution < 1.29 is 8.78 Å². The summed E-state index contributed by atoms with van der Waals surface area (Å²) in [6.45, 7) is 8.01. The molecule has 0 amide bonds. The third-order valence-corrected chi connectivity index (χ3v) is 8.07. The van der Waals surface area contributed by atoms with Crippen molar-refractivity contribution in [3.05, 3.63) is 66.4 Å². The van der Waals surface area contributed by atoms with Crippen LogP contribution in [0, 0.1) is 11.6 Å². The van der Waals surface area contributed by atoms with Crippen LogP contribution in [0.4, 0.5) is 31.9 Å². The maximum atomic E-state index is 13.5. The SMILES string of the molecule is CCCCN(CCSC)CCC(CC)N(C)Sc1ccc(Nc2nccc(Nc3ccc(F)c(F)c3)n2)cc1. The van der Waals surface area contributed by atoms with Crippen LogP contribution in [0.15, 0.2) is 59.6 Å². The van der Waals surface area contributed by atoms with Gasteiger partial charge in [0.15, 0.2) is 11.6 Å². The Kier molecular flexibility index (Phi) is 13.3. The molecule has 0 fully saturated rings. The van der Waals surface area contributed by atoms with Gasteiger partial charge in [-0.3, -0.25) is 0 Å². The lowest BCUT2D eigenvalue weighted by Gasteiger charge is -2.29. The van der Waals surface area contributed by atoms with Crippen LogP contribution in [0.25, 0.3) is 0 Å². The Morgan fingerprint density at radius 1 is 0.923 bits per heavy atom. The number of benzene rings is 2. The van der Waals surface area contributed by atoms with Crippen LogP contribution in [-0.2, 0) is 0 Å². The summed E-state index contributed by atoms with van der Waals surface area (Å²) in [5.41, 5.74) is 1.27. The van der Waals surface area contributed by atoms with Crippen molar-refractivity contribution in [2.24, 2.45) is 0 Å². The van der Waals surface area contributed by atoms with Gasteiger partial charge < -0.3 is 15.5 Å². The Bertz CT molecular complexity index is 1130. The fraction of sp³-hybridized carbons (Fsp3) is 0.448. The quantitative estimate of drug-likeness (QED) is 0.158. The zero-order chi connectivity index (χ0) is 28.0. The lowest BCUT2D eigenvalue weighted by atomic mass is 10.1. The molecule has 10 heteroatoms. The van der Waals surface area contributed by atoms with E-state index in [1.54, 1.807) is 24.2 Å². The minimum atomic E-state index is -0.915. The number of anilines is 4. The first-order valence-corrected chi connectivity index (χ1v) is 15.6. The Morgan fingerprint density at radius 2 is 1.69 bits per heavy atom. The van der Waals surface area contributed by atoms with Crippen molar-refractivity contribution >= 4 is 46.9 Å². The highest BCUT2D eigenvalue weighted by atomic mass is 32.2. The van der Waals surface area contributed by atoms with Crippen LogP contribution < -0.4 is 10.6 Å². The molecule has 0 aliphatic rings. The van der Waals surface area contributed by atoms with Crippen molar-refractivity contribution in [3.8, 4) is 0 Å². The molecule has 1 atom stereocenters. The van der Waals surface area contributed by atoms with Crippen molar-refractivity contribution in [2.75, 3.05) is 49.3 Å². The summed E-state index contributed by atoms with van der Waals surface area (Å²) in [5, 5.41) is 6.18. The van der Waals surface area contributed by atoms with Crippen LogP contribution in [0.1, 0.15) is 39.5 Å². The van der Waals surface area contributed by atoms with E-state index >= 15 is 0 Å². The average molecular weight is 575 g/mol. The lowest BCUT2D eigenvalue weighted by molar-refractivity contribution is 0.248. The van der Waals surface area contributed by atoms with Gasteiger partial charge in [-0.05, 0) is 100 Å². The second-order valence-corrected chi connectivity index (χ2v) is 11.6. The molecule has 0 saturated carbocycles. The van der Waals surface area contributed by atoms with Gasteiger partial charge >= 0.3 is 0 Å². The molecule has 2 aromatic carbocycles. The summed E-state index contributed by atoms with van der Waals surface area (Å²) in [5.74, 6) is 0.256. The molecule has 2 N–H and O–H groups in total. The lowest BCUT2D eigenvalue weighted by Crippen LogP contribution is -2.34. The Balaban J connectivity index is 1.53. The average Bonchev–Trinajstić information content (AvgIpc) is 2.93. The van der Waals surface area contributed by atoms with E-state index in [1.807, 2.05) is 23.9 Å². The van der Waals surface area contributed by atoms with Crippen molar-refractivity contribution in [1.29, 1.82) is 0 Å². The molecule has 39 heavy (non-hydrogen) atoms. The van der Waals surface area contributed by atoms with Gasteiger partial charge in [0.25, 0.3) is 0 Å². The summed E-state index contributed by atoms with van der Waals surface area (Å²) < 4.78 is 29.1. The first-order valence-electron chi connectivity index (χ1n) is 13.5. The molecule has 1 unspecified atom stereocenters. The van der Waals surface area contributed by atoms with Crippen LogP contribution in [0.3, 0.4) is 0 Å². The van der Waals surface area contributed by atoms with E-state index in [0.29, 0.717) is 23.5 Å². The highest BCUT2D eigenvalue weighted by molar-refractivity contribution is 7.98. The molecule has 1 aromatic heterocycles. The van der Waals surface area contributed by atoms with Gasteiger partial charge in [0.1, 0.15) is 5.82 Å². The number of nitrogens with one attached hydrogen (secondary N) is 2. The number of rotatable bonds is 17. The molecule has 0 bridgehead atoms. The zero-order valence-corrected chi connectivity index (χ0v) is 24.9. The summed E-state index contributed by atoms with van der Waals surface area (Å²) in [6, 6.07) is 14.0. The number of hydrogen-bond acceptors (Lipinski definition) is 8. The van der Waals surface area contributed by atoms with Crippen LogP contribution in [0.2, 0.25) is 0 Å². The maximum Gasteiger partial charge on any atom is 0.229 e. The Labute approximate surface area is 240 Å². The Morgan fingerprint density at radius 3 is 2.38 bits per heavy atom. The van der Waals surface area contributed by atoms with Crippen LogP contribution >= 0.6 is 23.7 Å². The van der Waals surface area contributed by atoms with Gasteiger partial charge in [-0.1, -0.05) is 20.3 Å². The van der Waals surface area contributed by atoms with E-state index in [1.165, 1.54) is 36.1 Å². The summed E-state index contributed by atoms with van der Waals surface area (Å²) in [4.78, 5) is 12.5. The maximum absolute atomic E-state index is 13.5. The molecular formula is C29H40F2N6S2. The van der Waals surface area contributed by atoms with Crippen LogP contribution in [0.5, 0.6) is 0 Å². The number of nitrogens with zero attached hydrogens (tertiary/aromatic N) is 4. The number of aromatic nitrogens is 2. The molecule has 0 saturated heterocycles. The van der Waals surface area contributed by atoms with E-state index < -0.39 is 11.6 Å². The molecule has 0 aliphatic heterocycles. The number of thioether (sulfide) groups is 1. The van der Waals surface area contributed by atoms with Gasteiger partial charge in [0.2, 0.25) is 5.95 Å². The van der Waals surface area contributed by atoms with E-state index in [2.05, 4.69) is 69.1 Å². The third kappa shape index (κ3) is 10.6. The van der Waals surface area contributed by atoms with Crippen molar-refractivity contribution in [3.63, 3.8) is 0 Å². The standard InChI is InChI=1S/C29H40F2N6S2/c1-5-7-17-37(19-20-38-4)18-15-24(6-2)36(3)39-25-11-8-22(9-12-25)34-29-32-16-14-28(35-29)33-23-10-13-26(30)27(31)21-23/h8-14,16,21,24H,5-7,15,17-20H2,1-4H3,(H2,32,33,34,35). The summed E-state index contributed by atoms with van der Waals surface area (Å²) in [6.07, 6.45) is 8.55. The van der Waals surface area contributed by atoms with Crippen LogP contribution in [-0.4, -0.2) is 63.9 Å².